The van der Waals surface area contributed by atoms with Gasteiger partial charge in [0, 0.05) is 19.3 Å². The Kier molecular flexibility index (Phi) is 4.16. The number of hydrogen-bond donors (Lipinski definition) is 1. The first kappa shape index (κ1) is 13.1. The third-order valence-electron chi connectivity index (χ3n) is 4.68. The maximum Gasteiger partial charge on any atom is 0.0829 e. The number of nitrogens with zero attached hydrogens (tertiary/aromatic N) is 3. The maximum atomic E-state index is 4.28. The van der Waals surface area contributed by atoms with E-state index in [9.17, 15) is 0 Å². The molecule has 2 saturated carbocycles. The molecule has 19 heavy (non-hydrogen) atoms. The van der Waals surface area contributed by atoms with Crippen LogP contribution < -0.4 is 5.32 Å². The molecular weight excluding hydrogens is 236 g/mol. The van der Waals surface area contributed by atoms with Gasteiger partial charge in [0.1, 0.15) is 0 Å². The van der Waals surface area contributed by atoms with Crippen LogP contribution in [0.5, 0.6) is 0 Å². The van der Waals surface area contributed by atoms with E-state index >= 15 is 0 Å². The molecule has 0 aliphatic heterocycles. The van der Waals surface area contributed by atoms with Crippen LogP contribution in [0.2, 0.25) is 0 Å². The molecule has 1 aromatic rings. The SMILES string of the molecule is Cn1cc(CC2CCCCCC2CNC2CC2)nn1. The Hall–Kier alpha value is -0.900. The summed E-state index contributed by atoms with van der Waals surface area (Å²) in [5.41, 5.74) is 1.17. The highest BCUT2D eigenvalue weighted by Crippen LogP contribution is 2.31. The standard InChI is InChI=1S/C15H26N4/c1-19-11-15(17-18-19)9-12-5-3-2-4-6-13(12)10-16-14-7-8-14/h11-14,16H,2-10H2,1H3. The molecule has 1 heterocycles. The van der Waals surface area contributed by atoms with E-state index in [-0.39, 0.29) is 0 Å². The summed E-state index contributed by atoms with van der Waals surface area (Å²) in [6.45, 7) is 1.22. The van der Waals surface area contributed by atoms with Crippen LogP contribution in [-0.4, -0.2) is 27.6 Å². The topological polar surface area (TPSA) is 42.7 Å². The van der Waals surface area contributed by atoms with Crippen molar-refractivity contribution < 1.29 is 0 Å². The number of rotatable bonds is 5. The first-order chi connectivity index (χ1) is 9.31. The van der Waals surface area contributed by atoms with E-state index in [1.165, 1.54) is 57.2 Å². The highest BCUT2D eigenvalue weighted by molar-refractivity contribution is 4.96. The van der Waals surface area contributed by atoms with E-state index in [1.807, 2.05) is 11.7 Å². The summed E-state index contributed by atoms with van der Waals surface area (Å²) in [6, 6.07) is 0.834. The largest absolute Gasteiger partial charge is 0.314 e. The second kappa shape index (κ2) is 6.04. The zero-order valence-electron chi connectivity index (χ0n) is 12.0. The minimum absolute atomic E-state index is 0.797. The number of aryl methyl sites for hydroxylation is 1. The summed E-state index contributed by atoms with van der Waals surface area (Å²) in [7, 11) is 1.95. The van der Waals surface area contributed by atoms with Crippen LogP contribution in [-0.2, 0) is 13.5 Å². The van der Waals surface area contributed by atoms with E-state index in [0.29, 0.717) is 0 Å². The van der Waals surface area contributed by atoms with Crippen molar-refractivity contribution in [2.75, 3.05) is 6.54 Å². The first-order valence-corrected chi connectivity index (χ1v) is 7.90. The Morgan fingerprint density at radius 2 is 1.95 bits per heavy atom. The van der Waals surface area contributed by atoms with Crippen molar-refractivity contribution in [2.24, 2.45) is 18.9 Å². The lowest BCUT2D eigenvalue weighted by Crippen LogP contribution is -2.30. The zero-order chi connectivity index (χ0) is 13.1. The van der Waals surface area contributed by atoms with Gasteiger partial charge in [-0.3, -0.25) is 4.68 Å². The third-order valence-corrected chi connectivity index (χ3v) is 4.68. The molecule has 0 saturated heterocycles. The molecule has 106 valence electrons. The van der Waals surface area contributed by atoms with Gasteiger partial charge < -0.3 is 5.32 Å². The zero-order valence-corrected chi connectivity index (χ0v) is 12.0. The fourth-order valence-electron chi connectivity index (χ4n) is 3.36. The van der Waals surface area contributed by atoms with Crippen molar-refractivity contribution in [1.82, 2.24) is 20.3 Å². The molecule has 2 unspecified atom stereocenters. The van der Waals surface area contributed by atoms with Crippen LogP contribution in [0.3, 0.4) is 0 Å². The Labute approximate surface area is 116 Å². The van der Waals surface area contributed by atoms with Gasteiger partial charge in [0.15, 0.2) is 0 Å². The fraction of sp³-hybridized carbons (Fsp3) is 0.867. The van der Waals surface area contributed by atoms with Gasteiger partial charge in [-0.2, -0.15) is 0 Å². The first-order valence-electron chi connectivity index (χ1n) is 7.90. The van der Waals surface area contributed by atoms with Gasteiger partial charge in [-0.1, -0.05) is 24.5 Å². The summed E-state index contributed by atoms with van der Waals surface area (Å²) in [5, 5.41) is 12.1. The van der Waals surface area contributed by atoms with Crippen molar-refractivity contribution in [3.63, 3.8) is 0 Å². The van der Waals surface area contributed by atoms with Crippen molar-refractivity contribution in [1.29, 1.82) is 0 Å². The van der Waals surface area contributed by atoms with E-state index < -0.39 is 0 Å². The molecule has 1 N–H and O–H groups in total. The monoisotopic (exact) mass is 262 g/mol. The average molecular weight is 262 g/mol. The minimum Gasteiger partial charge on any atom is -0.314 e. The lowest BCUT2D eigenvalue weighted by atomic mass is 9.84. The predicted molar refractivity (Wildman–Crippen MR) is 75.8 cm³/mol. The normalized spacial score (nSPS) is 28.3. The maximum absolute atomic E-state index is 4.28. The Bertz CT molecular complexity index is 397. The molecule has 1 aromatic heterocycles. The second-order valence-electron chi connectivity index (χ2n) is 6.43. The smallest absolute Gasteiger partial charge is 0.0829 e. The van der Waals surface area contributed by atoms with E-state index in [1.54, 1.807) is 0 Å². The molecule has 0 amide bonds. The molecule has 2 aliphatic rings. The van der Waals surface area contributed by atoms with Crippen molar-refractivity contribution in [3.8, 4) is 0 Å². The molecule has 3 rings (SSSR count). The fourth-order valence-corrected chi connectivity index (χ4v) is 3.36. The average Bonchev–Trinajstić information content (AvgIpc) is 3.16. The van der Waals surface area contributed by atoms with Gasteiger partial charge in [0.25, 0.3) is 0 Å². The summed E-state index contributed by atoms with van der Waals surface area (Å²) in [6.07, 6.45) is 13.0. The van der Waals surface area contributed by atoms with Crippen LogP contribution in [0, 0.1) is 11.8 Å². The van der Waals surface area contributed by atoms with E-state index in [4.69, 9.17) is 0 Å². The summed E-state index contributed by atoms with van der Waals surface area (Å²) < 4.78 is 1.82. The predicted octanol–water partition coefficient (Wildman–Crippen LogP) is 2.31. The van der Waals surface area contributed by atoms with Gasteiger partial charge >= 0.3 is 0 Å². The van der Waals surface area contributed by atoms with Crippen molar-refractivity contribution in [3.05, 3.63) is 11.9 Å². The van der Waals surface area contributed by atoms with Crippen molar-refractivity contribution >= 4 is 0 Å². The highest BCUT2D eigenvalue weighted by atomic mass is 15.4. The van der Waals surface area contributed by atoms with Crippen LogP contribution in [0.15, 0.2) is 6.20 Å². The van der Waals surface area contributed by atoms with Gasteiger partial charge in [-0.05, 0) is 50.5 Å². The molecule has 2 atom stereocenters. The molecule has 4 heteroatoms. The molecule has 2 fully saturated rings. The number of nitrogens with one attached hydrogen (secondary N) is 1. The number of hydrogen-bond acceptors (Lipinski definition) is 3. The Balaban J connectivity index is 1.59. The molecule has 0 bridgehead atoms. The van der Waals surface area contributed by atoms with Crippen LogP contribution >= 0.6 is 0 Å². The summed E-state index contributed by atoms with van der Waals surface area (Å²) in [4.78, 5) is 0. The molecule has 4 nitrogen and oxygen atoms in total. The van der Waals surface area contributed by atoms with Crippen LogP contribution in [0.25, 0.3) is 0 Å². The Morgan fingerprint density at radius 3 is 2.63 bits per heavy atom. The van der Waals surface area contributed by atoms with Gasteiger partial charge in [0.2, 0.25) is 0 Å². The van der Waals surface area contributed by atoms with E-state index in [2.05, 4.69) is 21.8 Å². The third kappa shape index (κ3) is 3.78. The molecule has 0 aromatic carbocycles. The molecule has 0 radical (unpaired) electrons. The van der Waals surface area contributed by atoms with Crippen LogP contribution in [0.4, 0.5) is 0 Å². The van der Waals surface area contributed by atoms with Gasteiger partial charge in [0.05, 0.1) is 5.69 Å². The van der Waals surface area contributed by atoms with Crippen molar-refractivity contribution in [2.45, 2.75) is 57.4 Å². The highest BCUT2D eigenvalue weighted by Gasteiger charge is 2.27. The molecular formula is C15H26N4. The minimum atomic E-state index is 0.797. The van der Waals surface area contributed by atoms with E-state index in [0.717, 1.165) is 24.3 Å². The molecule has 0 spiro atoms. The van der Waals surface area contributed by atoms with Gasteiger partial charge in [-0.15, -0.1) is 5.10 Å². The second-order valence-corrected chi connectivity index (χ2v) is 6.43. The van der Waals surface area contributed by atoms with Gasteiger partial charge in [-0.25, -0.2) is 0 Å². The Morgan fingerprint density at radius 1 is 1.16 bits per heavy atom. The lowest BCUT2D eigenvalue weighted by molar-refractivity contribution is 0.295. The summed E-state index contributed by atoms with van der Waals surface area (Å²) >= 11 is 0. The van der Waals surface area contributed by atoms with Crippen LogP contribution in [0.1, 0.15) is 50.6 Å². The quantitative estimate of drug-likeness (QED) is 0.828. The lowest BCUT2D eigenvalue weighted by Gasteiger charge is -2.24. The summed E-state index contributed by atoms with van der Waals surface area (Å²) in [5.74, 6) is 1.63. The number of aromatic nitrogens is 3. The molecule has 2 aliphatic carbocycles.